The van der Waals surface area contributed by atoms with Crippen molar-refractivity contribution in [2.75, 3.05) is 37.4 Å². The summed E-state index contributed by atoms with van der Waals surface area (Å²) in [5, 5.41) is 13.5. The standard InChI is InChI=1S/C30H33N7O3/c1-19-6-3-4-9-24(19)37-22(16-21-8-5-7-20(2)26(21)30(37)39)17-33-29-27(28(32)34-18-35-29)23(31)10-11-25(38)36-12-14-40-15-13-36/h3-9,16,18,31H,10-15,17H2,1-2H3,(H3,32,33,34,35). The van der Waals surface area contributed by atoms with E-state index >= 15 is 0 Å². The summed E-state index contributed by atoms with van der Waals surface area (Å²) in [5.41, 5.74) is 10.0. The molecule has 1 saturated heterocycles. The van der Waals surface area contributed by atoms with Gasteiger partial charge in [0, 0.05) is 30.9 Å². The predicted molar refractivity (Wildman–Crippen MR) is 156 cm³/mol. The molecule has 4 N–H and O–H groups in total. The molecule has 0 bridgehead atoms. The lowest BCUT2D eigenvalue weighted by molar-refractivity contribution is -0.135. The second kappa shape index (κ2) is 11.7. The van der Waals surface area contributed by atoms with Crippen molar-refractivity contribution in [2.45, 2.75) is 33.2 Å². The zero-order valence-corrected chi connectivity index (χ0v) is 22.7. The lowest BCUT2D eigenvalue weighted by Gasteiger charge is -2.27. The van der Waals surface area contributed by atoms with Crippen LogP contribution in [0, 0.1) is 19.3 Å². The fourth-order valence-electron chi connectivity index (χ4n) is 5.13. The molecule has 40 heavy (non-hydrogen) atoms. The van der Waals surface area contributed by atoms with E-state index in [2.05, 4.69) is 15.3 Å². The molecule has 4 aromatic rings. The van der Waals surface area contributed by atoms with Gasteiger partial charge in [0.15, 0.2) is 0 Å². The van der Waals surface area contributed by atoms with Gasteiger partial charge in [-0.1, -0.05) is 36.4 Å². The number of carbonyl (C=O) groups is 1. The summed E-state index contributed by atoms with van der Waals surface area (Å²) in [4.78, 5) is 36.7. The van der Waals surface area contributed by atoms with E-state index in [0.717, 1.165) is 27.9 Å². The number of hydrogen-bond donors (Lipinski definition) is 3. The average molecular weight is 540 g/mol. The van der Waals surface area contributed by atoms with E-state index in [-0.39, 0.29) is 42.4 Å². The Morgan fingerprint density at radius 1 is 1.05 bits per heavy atom. The van der Waals surface area contributed by atoms with Gasteiger partial charge >= 0.3 is 0 Å². The molecule has 2 aromatic carbocycles. The number of benzene rings is 2. The molecule has 2 aromatic heterocycles. The summed E-state index contributed by atoms with van der Waals surface area (Å²) in [6, 6.07) is 15.6. The first-order valence-electron chi connectivity index (χ1n) is 13.3. The SMILES string of the molecule is Cc1ccccc1-n1c(CNc2ncnc(N)c2C(=N)CCC(=O)N2CCOCC2)cc2cccc(C)c2c1=O. The molecule has 3 heterocycles. The summed E-state index contributed by atoms with van der Waals surface area (Å²) in [6.07, 6.45) is 1.72. The Morgan fingerprint density at radius 3 is 2.58 bits per heavy atom. The number of morpholine rings is 1. The number of pyridine rings is 1. The second-order valence-corrected chi connectivity index (χ2v) is 9.91. The smallest absolute Gasteiger partial charge is 0.263 e. The zero-order valence-electron chi connectivity index (χ0n) is 22.7. The van der Waals surface area contributed by atoms with Crippen LogP contribution in [0.4, 0.5) is 11.6 Å². The molecule has 1 fully saturated rings. The van der Waals surface area contributed by atoms with Gasteiger partial charge in [-0.2, -0.15) is 0 Å². The molecule has 10 heteroatoms. The Labute approximate surface area is 232 Å². The molecule has 0 radical (unpaired) electrons. The van der Waals surface area contributed by atoms with Crippen molar-refractivity contribution in [3.05, 3.63) is 87.6 Å². The van der Waals surface area contributed by atoms with Crippen molar-refractivity contribution < 1.29 is 9.53 Å². The van der Waals surface area contributed by atoms with Crippen molar-refractivity contribution in [2.24, 2.45) is 0 Å². The fraction of sp³-hybridized carbons (Fsp3) is 0.300. The van der Waals surface area contributed by atoms with Gasteiger partial charge in [-0.15, -0.1) is 0 Å². The Bertz CT molecular complexity index is 1640. The lowest BCUT2D eigenvalue weighted by Crippen LogP contribution is -2.40. The summed E-state index contributed by atoms with van der Waals surface area (Å²) in [6.45, 7) is 6.33. The monoisotopic (exact) mass is 539 g/mol. The molecule has 0 saturated carbocycles. The van der Waals surface area contributed by atoms with Gasteiger partial charge in [0.05, 0.1) is 36.4 Å². The number of nitrogen functional groups attached to an aromatic ring is 1. The molecule has 206 valence electrons. The molecule has 5 rings (SSSR count). The molecular weight excluding hydrogens is 506 g/mol. The molecule has 10 nitrogen and oxygen atoms in total. The van der Waals surface area contributed by atoms with Gasteiger partial charge < -0.3 is 26.1 Å². The van der Waals surface area contributed by atoms with E-state index in [0.29, 0.717) is 43.1 Å². The highest BCUT2D eigenvalue weighted by atomic mass is 16.5. The number of ether oxygens (including phenoxy) is 1. The van der Waals surface area contributed by atoms with Crippen LogP contribution in [0.3, 0.4) is 0 Å². The van der Waals surface area contributed by atoms with E-state index in [1.807, 2.05) is 62.4 Å². The minimum atomic E-state index is -0.0986. The third kappa shape index (κ3) is 5.43. The van der Waals surface area contributed by atoms with Gasteiger partial charge in [-0.25, -0.2) is 9.97 Å². The molecular formula is C30H33N7O3. The number of anilines is 2. The maximum atomic E-state index is 13.9. The average Bonchev–Trinajstić information content (AvgIpc) is 2.95. The number of amides is 1. The first-order valence-corrected chi connectivity index (χ1v) is 13.3. The molecule has 0 unspecified atom stereocenters. The Kier molecular flexibility index (Phi) is 7.88. The van der Waals surface area contributed by atoms with Crippen LogP contribution in [0.15, 0.2) is 59.7 Å². The first-order chi connectivity index (χ1) is 19.3. The summed E-state index contributed by atoms with van der Waals surface area (Å²) in [7, 11) is 0. The Morgan fingerprint density at radius 2 is 1.80 bits per heavy atom. The Balaban J connectivity index is 1.45. The third-order valence-corrected chi connectivity index (χ3v) is 7.26. The van der Waals surface area contributed by atoms with E-state index in [1.165, 1.54) is 6.33 Å². The second-order valence-electron chi connectivity index (χ2n) is 9.91. The van der Waals surface area contributed by atoms with Gasteiger partial charge in [0.25, 0.3) is 5.56 Å². The molecule has 1 aliphatic heterocycles. The summed E-state index contributed by atoms with van der Waals surface area (Å²) >= 11 is 0. The van der Waals surface area contributed by atoms with Crippen molar-refractivity contribution in [1.82, 2.24) is 19.4 Å². The van der Waals surface area contributed by atoms with Gasteiger partial charge in [-0.3, -0.25) is 14.2 Å². The van der Waals surface area contributed by atoms with Crippen LogP contribution >= 0.6 is 0 Å². The summed E-state index contributed by atoms with van der Waals surface area (Å²) < 4.78 is 7.05. The maximum Gasteiger partial charge on any atom is 0.263 e. The number of aryl methyl sites for hydroxylation is 2. The van der Waals surface area contributed by atoms with Crippen LogP contribution in [0.25, 0.3) is 16.5 Å². The maximum absolute atomic E-state index is 13.9. The van der Waals surface area contributed by atoms with E-state index < -0.39 is 0 Å². The number of nitrogens with zero attached hydrogens (tertiary/aromatic N) is 4. The molecule has 0 atom stereocenters. The number of fused-ring (bicyclic) bond motifs is 1. The molecule has 0 spiro atoms. The van der Waals surface area contributed by atoms with Crippen molar-refractivity contribution >= 4 is 34.0 Å². The minimum absolute atomic E-state index is 0.0216. The van der Waals surface area contributed by atoms with Crippen molar-refractivity contribution in [1.29, 1.82) is 5.41 Å². The van der Waals surface area contributed by atoms with Crippen molar-refractivity contribution in [3.8, 4) is 5.69 Å². The largest absolute Gasteiger partial charge is 0.383 e. The first kappa shape index (κ1) is 27.0. The van der Waals surface area contributed by atoms with Crippen LogP contribution < -0.4 is 16.6 Å². The van der Waals surface area contributed by atoms with Crippen molar-refractivity contribution in [3.63, 3.8) is 0 Å². The molecule has 0 aliphatic carbocycles. The van der Waals surface area contributed by atoms with Crippen LogP contribution in [-0.2, 0) is 16.1 Å². The molecule has 1 aliphatic rings. The summed E-state index contributed by atoms with van der Waals surface area (Å²) in [5.74, 6) is 0.517. The quantitative estimate of drug-likeness (QED) is 0.291. The number of aromatic nitrogens is 3. The van der Waals surface area contributed by atoms with E-state index in [9.17, 15) is 9.59 Å². The molecule has 1 amide bonds. The number of hydrogen-bond acceptors (Lipinski definition) is 8. The van der Waals surface area contributed by atoms with Gasteiger partial charge in [0.1, 0.15) is 18.0 Å². The number of nitrogens with two attached hydrogens (primary N) is 1. The van der Waals surface area contributed by atoms with Crippen LogP contribution in [0.1, 0.15) is 35.2 Å². The normalized spacial score (nSPS) is 13.4. The third-order valence-electron chi connectivity index (χ3n) is 7.26. The topological polar surface area (TPSA) is 139 Å². The predicted octanol–water partition coefficient (Wildman–Crippen LogP) is 3.60. The minimum Gasteiger partial charge on any atom is -0.383 e. The van der Waals surface area contributed by atoms with Gasteiger partial charge in [-0.05, 0) is 48.9 Å². The van der Waals surface area contributed by atoms with Gasteiger partial charge in [0.2, 0.25) is 5.91 Å². The lowest BCUT2D eigenvalue weighted by atomic mass is 10.0. The highest BCUT2D eigenvalue weighted by Crippen LogP contribution is 2.24. The zero-order chi connectivity index (χ0) is 28.2. The Hall–Kier alpha value is -4.57. The van der Waals surface area contributed by atoms with Crippen LogP contribution in [0.5, 0.6) is 0 Å². The fourth-order valence-corrected chi connectivity index (χ4v) is 5.13. The van der Waals surface area contributed by atoms with E-state index in [1.54, 1.807) is 9.47 Å². The van der Waals surface area contributed by atoms with Crippen LogP contribution in [-0.4, -0.2) is 57.4 Å². The highest BCUT2D eigenvalue weighted by Gasteiger charge is 2.21. The number of para-hydroxylation sites is 1. The van der Waals surface area contributed by atoms with E-state index in [4.69, 9.17) is 15.9 Å². The number of carbonyl (C=O) groups excluding carboxylic acids is 1. The highest BCUT2D eigenvalue weighted by molar-refractivity contribution is 6.07. The number of nitrogens with one attached hydrogen (secondary N) is 2. The number of rotatable bonds is 8. The van der Waals surface area contributed by atoms with Crippen LogP contribution in [0.2, 0.25) is 0 Å².